The average Bonchev–Trinajstić information content (AvgIpc) is 2.94. The van der Waals surface area contributed by atoms with E-state index >= 15 is 0 Å². The zero-order chi connectivity index (χ0) is 16.2. The molecule has 2 heterocycles. The van der Waals surface area contributed by atoms with Crippen molar-refractivity contribution in [1.82, 2.24) is 20.2 Å². The summed E-state index contributed by atoms with van der Waals surface area (Å²) in [5.74, 6) is -0.234. The van der Waals surface area contributed by atoms with Crippen molar-refractivity contribution >= 4 is 28.0 Å². The highest BCUT2D eigenvalue weighted by Crippen LogP contribution is 2.23. The minimum atomic E-state index is -0.354. The monoisotopic (exact) mass is 314 g/mol. The van der Waals surface area contributed by atoms with Gasteiger partial charge in [-0.15, -0.1) is 0 Å². The average molecular weight is 314 g/mol. The maximum absolute atomic E-state index is 12.4. The van der Waals surface area contributed by atoms with Gasteiger partial charge in [-0.25, -0.2) is 4.98 Å². The van der Waals surface area contributed by atoms with Gasteiger partial charge in [-0.2, -0.15) is 0 Å². The highest BCUT2D eigenvalue weighted by Gasteiger charge is 2.14. The molecule has 7 nitrogen and oxygen atoms in total. The lowest BCUT2D eigenvalue weighted by Crippen LogP contribution is -2.36. The summed E-state index contributed by atoms with van der Waals surface area (Å²) in [6, 6.07) is 7.34. The van der Waals surface area contributed by atoms with Gasteiger partial charge in [-0.1, -0.05) is 19.1 Å². The summed E-state index contributed by atoms with van der Waals surface area (Å²) in [5, 5.41) is 6.65. The molecule has 7 heteroatoms. The Balaban J connectivity index is 1.82. The molecule has 0 aliphatic carbocycles. The van der Waals surface area contributed by atoms with Crippen LogP contribution >= 0.6 is 0 Å². The van der Waals surface area contributed by atoms with Crippen molar-refractivity contribution in [3.8, 4) is 0 Å². The summed E-state index contributed by atoms with van der Waals surface area (Å²) in [7, 11) is 0. The lowest BCUT2D eigenvalue weighted by atomic mass is 10.2. The van der Waals surface area contributed by atoms with E-state index in [1.165, 1.54) is 10.9 Å². The molecular formula is C16H18N4O3. The van der Waals surface area contributed by atoms with E-state index in [1.807, 2.05) is 25.1 Å². The number of benzene rings is 1. The topological polar surface area (TPSA) is 89.2 Å². The molecule has 1 aromatic carbocycles. The maximum Gasteiger partial charge on any atom is 0.297 e. The predicted octanol–water partition coefficient (Wildman–Crippen LogP) is 0.868. The number of hydrogen-bond acceptors (Lipinski definition) is 5. The van der Waals surface area contributed by atoms with Crippen LogP contribution in [-0.2, 0) is 11.3 Å². The number of carbonyl (C=O) groups excluding carboxylic acids is 1. The van der Waals surface area contributed by atoms with Crippen LogP contribution in [0.25, 0.3) is 22.1 Å². The van der Waals surface area contributed by atoms with Crippen LogP contribution in [0.2, 0.25) is 0 Å². The normalized spacial score (nSPS) is 11.2. The smallest absolute Gasteiger partial charge is 0.297 e. The van der Waals surface area contributed by atoms with Crippen LogP contribution in [0.5, 0.6) is 0 Å². The van der Waals surface area contributed by atoms with Crippen LogP contribution in [-0.4, -0.2) is 35.1 Å². The maximum atomic E-state index is 12.4. The Bertz CT molecular complexity index is 897. The number of para-hydroxylation sites is 1. The fourth-order valence-corrected chi connectivity index (χ4v) is 2.41. The molecule has 3 aromatic rings. The molecule has 3 rings (SSSR count). The van der Waals surface area contributed by atoms with Crippen molar-refractivity contribution in [3.63, 3.8) is 0 Å². The second-order valence-corrected chi connectivity index (χ2v) is 5.16. The molecule has 0 bridgehead atoms. The van der Waals surface area contributed by atoms with Crippen LogP contribution in [0.15, 0.2) is 39.8 Å². The minimum Gasteiger partial charge on any atom is -0.448 e. The van der Waals surface area contributed by atoms with Crippen LogP contribution in [0.3, 0.4) is 0 Å². The molecule has 0 aliphatic rings. The first-order chi connectivity index (χ1) is 11.2. The van der Waals surface area contributed by atoms with Crippen LogP contribution in [0, 0.1) is 0 Å². The zero-order valence-corrected chi connectivity index (χ0v) is 12.8. The van der Waals surface area contributed by atoms with Gasteiger partial charge in [0.05, 0.1) is 6.33 Å². The van der Waals surface area contributed by atoms with E-state index in [2.05, 4.69) is 15.6 Å². The Morgan fingerprint density at radius 3 is 2.96 bits per heavy atom. The molecule has 0 atom stereocenters. The van der Waals surface area contributed by atoms with Crippen molar-refractivity contribution in [2.75, 3.05) is 19.6 Å². The Morgan fingerprint density at radius 1 is 1.30 bits per heavy atom. The molecular weight excluding hydrogens is 296 g/mol. The predicted molar refractivity (Wildman–Crippen MR) is 87.3 cm³/mol. The molecule has 23 heavy (non-hydrogen) atoms. The van der Waals surface area contributed by atoms with E-state index < -0.39 is 0 Å². The number of nitrogens with one attached hydrogen (secondary N) is 2. The number of aromatic nitrogens is 2. The number of carbonyl (C=O) groups is 1. The third kappa shape index (κ3) is 3.09. The molecule has 0 saturated heterocycles. The summed E-state index contributed by atoms with van der Waals surface area (Å²) < 4.78 is 6.84. The number of fused-ring (bicyclic) bond motifs is 3. The van der Waals surface area contributed by atoms with Gasteiger partial charge < -0.3 is 15.1 Å². The Morgan fingerprint density at radius 2 is 2.13 bits per heavy atom. The molecule has 1 amide bonds. The molecule has 0 fully saturated rings. The Hall–Kier alpha value is -2.67. The fraction of sp³-hybridized carbons (Fsp3) is 0.312. The number of furan rings is 1. The summed E-state index contributed by atoms with van der Waals surface area (Å²) in [5.41, 5.74) is 0.955. The Kier molecular flexibility index (Phi) is 4.38. The van der Waals surface area contributed by atoms with Gasteiger partial charge in [-0.05, 0) is 18.7 Å². The van der Waals surface area contributed by atoms with Gasteiger partial charge in [0.1, 0.15) is 17.6 Å². The highest BCUT2D eigenvalue weighted by atomic mass is 16.3. The fourth-order valence-electron chi connectivity index (χ4n) is 2.41. The van der Waals surface area contributed by atoms with E-state index in [0.717, 1.165) is 11.9 Å². The first-order valence-corrected chi connectivity index (χ1v) is 7.55. The third-order valence-electron chi connectivity index (χ3n) is 3.54. The van der Waals surface area contributed by atoms with Crippen LogP contribution in [0.4, 0.5) is 0 Å². The van der Waals surface area contributed by atoms with E-state index in [0.29, 0.717) is 24.2 Å². The number of nitrogens with zero attached hydrogens (tertiary/aromatic N) is 2. The van der Waals surface area contributed by atoms with E-state index in [1.54, 1.807) is 6.07 Å². The van der Waals surface area contributed by atoms with Crippen LogP contribution < -0.4 is 16.2 Å². The molecule has 2 N–H and O–H groups in total. The van der Waals surface area contributed by atoms with Crippen molar-refractivity contribution in [1.29, 1.82) is 0 Å². The number of hydrogen-bond donors (Lipinski definition) is 2. The van der Waals surface area contributed by atoms with Crippen molar-refractivity contribution in [2.24, 2.45) is 0 Å². The van der Waals surface area contributed by atoms with Gasteiger partial charge in [0.15, 0.2) is 0 Å². The molecule has 120 valence electrons. The zero-order valence-electron chi connectivity index (χ0n) is 12.8. The quantitative estimate of drug-likeness (QED) is 0.659. The molecule has 0 spiro atoms. The number of rotatable bonds is 6. The van der Waals surface area contributed by atoms with Gasteiger partial charge in [0.25, 0.3) is 5.56 Å². The molecule has 0 saturated carbocycles. The minimum absolute atomic E-state index is 0.0784. The van der Waals surface area contributed by atoms with Gasteiger partial charge in [0, 0.05) is 18.5 Å². The third-order valence-corrected chi connectivity index (χ3v) is 3.54. The summed E-state index contributed by atoms with van der Waals surface area (Å²) >= 11 is 0. The molecule has 0 aliphatic heterocycles. The highest BCUT2D eigenvalue weighted by molar-refractivity contribution is 6.01. The lowest BCUT2D eigenvalue weighted by Gasteiger charge is -2.07. The molecule has 2 aromatic heterocycles. The summed E-state index contributed by atoms with van der Waals surface area (Å²) in [6.07, 6.45) is 1.39. The summed E-state index contributed by atoms with van der Waals surface area (Å²) in [6.45, 7) is 3.97. The second-order valence-electron chi connectivity index (χ2n) is 5.16. The van der Waals surface area contributed by atoms with E-state index in [-0.39, 0.29) is 23.6 Å². The molecule has 0 unspecified atom stereocenters. The van der Waals surface area contributed by atoms with Crippen molar-refractivity contribution < 1.29 is 9.21 Å². The van der Waals surface area contributed by atoms with Gasteiger partial charge >= 0.3 is 0 Å². The number of likely N-dealkylation sites (N-methyl/N-ethyl adjacent to an activating group) is 1. The van der Waals surface area contributed by atoms with E-state index in [4.69, 9.17) is 4.42 Å². The summed E-state index contributed by atoms with van der Waals surface area (Å²) in [4.78, 5) is 28.6. The standard InChI is InChI=1S/C16H18N4O3/c1-2-17-7-8-18-13(21)9-20-10-19-14-11-5-3-4-6-12(11)23-15(14)16(20)22/h3-6,10,17H,2,7-9H2,1H3,(H,18,21). The van der Waals surface area contributed by atoms with E-state index in [9.17, 15) is 9.59 Å². The number of amides is 1. The second kappa shape index (κ2) is 6.62. The first-order valence-electron chi connectivity index (χ1n) is 7.55. The van der Waals surface area contributed by atoms with Gasteiger partial charge in [-0.3, -0.25) is 14.2 Å². The van der Waals surface area contributed by atoms with Crippen molar-refractivity contribution in [2.45, 2.75) is 13.5 Å². The lowest BCUT2D eigenvalue weighted by molar-refractivity contribution is -0.121. The van der Waals surface area contributed by atoms with Crippen molar-refractivity contribution in [3.05, 3.63) is 40.9 Å². The van der Waals surface area contributed by atoms with Crippen LogP contribution in [0.1, 0.15) is 6.92 Å². The van der Waals surface area contributed by atoms with Gasteiger partial charge in [0.2, 0.25) is 11.5 Å². The SMILES string of the molecule is CCNCCNC(=O)Cn1cnc2c(oc3ccccc32)c1=O. The Labute approximate surface area is 132 Å². The molecule has 0 radical (unpaired) electrons. The first kappa shape index (κ1) is 15.2. The largest absolute Gasteiger partial charge is 0.448 e.